The van der Waals surface area contributed by atoms with Gasteiger partial charge < -0.3 is 5.11 Å². The van der Waals surface area contributed by atoms with Crippen LogP contribution in [0.1, 0.15) is 80.8 Å². The highest BCUT2D eigenvalue weighted by atomic mass is 16.3. The van der Waals surface area contributed by atoms with E-state index in [2.05, 4.69) is 45.7 Å². The van der Waals surface area contributed by atoms with Gasteiger partial charge in [0.2, 0.25) is 11.7 Å². The van der Waals surface area contributed by atoms with Crippen LogP contribution in [-0.2, 0) is 17.6 Å². The monoisotopic (exact) mass is 538 g/mol. The molecule has 0 radical (unpaired) electrons. The summed E-state index contributed by atoms with van der Waals surface area (Å²) in [6, 6.07) is 16.2. The average Bonchev–Trinajstić information content (AvgIpc) is 3.61. The van der Waals surface area contributed by atoms with E-state index in [0.29, 0.717) is 55.6 Å². The third kappa shape index (κ3) is 4.86. The number of amides is 1. The number of rotatable bonds is 7. The number of nitrogens with one attached hydrogen (secondary N) is 1. The van der Waals surface area contributed by atoms with Crippen LogP contribution >= 0.6 is 0 Å². The molecule has 1 aliphatic carbocycles. The van der Waals surface area contributed by atoms with Gasteiger partial charge in [0.25, 0.3) is 5.56 Å². The summed E-state index contributed by atoms with van der Waals surface area (Å²) in [5.41, 5.74) is 7.99. The lowest BCUT2D eigenvalue weighted by atomic mass is 9.83. The van der Waals surface area contributed by atoms with Crippen LogP contribution in [0.2, 0.25) is 0 Å². The molecule has 2 aromatic carbocycles. The molecular weight excluding hydrogens is 504 g/mol. The molecule has 0 unspecified atom stereocenters. The van der Waals surface area contributed by atoms with Gasteiger partial charge in [0.1, 0.15) is 6.33 Å². The number of benzene rings is 2. The molecule has 0 spiro atoms. The summed E-state index contributed by atoms with van der Waals surface area (Å²) in [6.45, 7) is 3.96. The van der Waals surface area contributed by atoms with E-state index >= 15 is 0 Å². The molecule has 3 heterocycles. The molecular formula is C31H34N6O3. The van der Waals surface area contributed by atoms with Gasteiger partial charge in [-0.05, 0) is 61.8 Å². The van der Waals surface area contributed by atoms with E-state index in [1.54, 1.807) is 4.57 Å². The average molecular weight is 539 g/mol. The van der Waals surface area contributed by atoms with E-state index in [-0.39, 0.29) is 23.9 Å². The van der Waals surface area contributed by atoms with Crippen molar-refractivity contribution < 1.29 is 9.90 Å². The van der Waals surface area contributed by atoms with Crippen molar-refractivity contribution in [2.45, 2.75) is 76.9 Å². The molecule has 6 rings (SSSR count). The smallest absolute Gasteiger partial charge is 0.259 e. The first-order valence-corrected chi connectivity index (χ1v) is 14.1. The Morgan fingerprint density at radius 2 is 1.85 bits per heavy atom. The zero-order valence-electron chi connectivity index (χ0n) is 22.9. The highest BCUT2D eigenvalue weighted by Crippen LogP contribution is 2.35. The zero-order chi connectivity index (χ0) is 27.9. The first-order valence-electron chi connectivity index (χ1n) is 14.1. The van der Waals surface area contributed by atoms with Gasteiger partial charge in [0.05, 0.1) is 23.4 Å². The summed E-state index contributed by atoms with van der Waals surface area (Å²) < 4.78 is 3.63. The number of hydrazone groups is 1. The number of hydrogen-bond acceptors (Lipinski definition) is 6. The maximum Gasteiger partial charge on any atom is 0.259 e. The van der Waals surface area contributed by atoms with Gasteiger partial charge in [-0.3, -0.25) is 14.2 Å². The third-order valence-electron chi connectivity index (χ3n) is 8.21. The number of aliphatic hydroxyl groups is 1. The van der Waals surface area contributed by atoms with Crippen LogP contribution in [0.5, 0.6) is 0 Å². The number of carbonyl (C=O) groups excluding carboxylic acids is 1. The van der Waals surface area contributed by atoms with Crippen LogP contribution in [0.4, 0.5) is 0 Å². The lowest BCUT2D eigenvalue weighted by Crippen LogP contribution is -2.37. The zero-order valence-corrected chi connectivity index (χ0v) is 22.9. The summed E-state index contributed by atoms with van der Waals surface area (Å²) >= 11 is 0. The highest BCUT2D eigenvalue weighted by molar-refractivity contribution is 6.16. The van der Waals surface area contributed by atoms with E-state index in [0.717, 1.165) is 34.4 Å². The second-order valence-corrected chi connectivity index (χ2v) is 11.2. The number of hydrogen-bond donors (Lipinski definition) is 2. The maximum absolute atomic E-state index is 14.3. The minimum absolute atomic E-state index is 0.0424. The molecule has 0 atom stereocenters. The van der Waals surface area contributed by atoms with Crippen molar-refractivity contribution in [2.75, 3.05) is 0 Å². The molecule has 206 valence electrons. The molecule has 0 bridgehead atoms. The first-order chi connectivity index (χ1) is 19.3. The van der Waals surface area contributed by atoms with Crippen molar-refractivity contribution in [2.24, 2.45) is 5.10 Å². The summed E-state index contributed by atoms with van der Waals surface area (Å²) in [5.74, 6) is 0.435. The molecule has 9 nitrogen and oxygen atoms in total. The van der Waals surface area contributed by atoms with Crippen molar-refractivity contribution in [3.05, 3.63) is 87.6 Å². The second-order valence-electron chi connectivity index (χ2n) is 11.2. The van der Waals surface area contributed by atoms with E-state index < -0.39 is 5.60 Å². The van der Waals surface area contributed by atoms with Crippen LogP contribution in [0.15, 0.2) is 64.8 Å². The van der Waals surface area contributed by atoms with Crippen LogP contribution in [0.25, 0.3) is 16.9 Å². The van der Waals surface area contributed by atoms with Crippen LogP contribution in [-0.4, -0.2) is 41.5 Å². The Hall–Kier alpha value is -4.11. The molecule has 1 fully saturated rings. The van der Waals surface area contributed by atoms with Crippen molar-refractivity contribution in [1.82, 2.24) is 24.6 Å². The van der Waals surface area contributed by atoms with Gasteiger partial charge >= 0.3 is 0 Å². The molecule has 9 heteroatoms. The Bertz CT molecular complexity index is 1660. The van der Waals surface area contributed by atoms with Gasteiger partial charge in [-0.2, -0.15) is 15.2 Å². The van der Waals surface area contributed by atoms with Crippen molar-refractivity contribution in [1.29, 1.82) is 0 Å². The Morgan fingerprint density at radius 1 is 1.07 bits per heavy atom. The predicted octanol–water partition coefficient (Wildman–Crippen LogP) is 4.19. The molecule has 2 aliphatic rings. The van der Waals surface area contributed by atoms with Gasteiger partial charge in [0, 0.05) is 23.6 Å². The third-order valence-corrected chi connectivity index (χ3v) is 8.21. The molecule has 0 saturated heterocycles. The normalized spacial score (nSPS) is 21.0. The lowest BCUT2D eigenvalue weighted by Gasteiger charge is -2.34. The van der Waals surface area contributed by atoms with Crippen molar-refractivity contribution >= 4 is 17.4 Å². The molecule has 1 saturated carbocycles. The van der Waals surface area contributed by atoms with Crippen molar-refractivity contribution in [3.63, 3.8) is 0 Å². The summed E-state index contributed by atoms with van der Waals surface area (Å²) in [7, 11) is 0. The fourth-order valence-electron chi connectivity index (χ4n) is 6.09. The Kier molecular flexibility index (Phi) is 6.83. The number of aryl methyl sites for hydroxylation is 1. The summed E-state index contributed by atoms with van der Waals surface area (Å²) in [4.78, 5) is 30.8. The molecule has 1 aliphatic heterocycles. The van der Waals surface area contributed by atoms with Gasteiger partial charge in [-0.1, -0.05) is 55.8 Å². The fourth-order valence-corrected chi connectivity index (χ4v) is 6.09. The molecule has 4 aromatic rings. The van der Waals surface area contributed by atoms with Gasteiger partial charge in [-0.15, -0.1) is 0 Å². The van der Waals surface area contributed by atoms with Crippen LogP contribution in [0.3, 0.4) is 0 Å². The standard InChI is InChI=1S/C31H34N6O3/c1-3-7-27-25(29(39)36(30-32-19-33-37(27)30)22-12-14-31(2,40)15-13-22)17-20-10-11-23(21-8-5-4-6-9-21)24(16-20)26-18-28(38)35-34-26/h4-6,8-11,16,19,22,40H,3,7,12-15,17-18H2,1-2H3,(H,35,38). The van der Waals surface area contributed by atoms with Crippen LogP contribution in [0, 0.1) is 0 Å². The first kappa shape index (κ1) is 26.1. The predicted molar refractivity (Wildman–Crippen MR) is 153 cm³/mol. The van der Waals surface area contributed by atoms with E-state index in [1.807, 2.05) is 41.8 Å². The molecule has 2 aromatic heterocycles. The van der Waals surface area contributed by atoms with Crippen LogP contribution < -0.4 is 11.0 Å². The minimum Gasteiger partial charge on any atom is -0.390 e. The number of fused-ring (bicyclic) bond motifs is 1. The van der Waals surface area contributed by atoms with E-state index in [4.69, 9.17) is 0 Å². The molecule has 1 amide bonds. The summed E-state index contributed by atoms with van der Waals surface area (Å²) in [6.07, 6.45) is 6.40. The van der Waals surface area contributed by atoms with Gasteiger partial charge in [0.15, 0.2) is 0 Å². The highest BCUT2D eigenvalue weighted by Gasteiger charge is 2.32. The largest absolute Gasteiger partial charge is 0.390 e. The second kappa shape index (κ2) is 10.5. The van der Waals surface area contributed by atoms with E-state index in [9.17, 15) is 14.7 Å². The molecule has 40 heavy (non-hydrogen) atoms. The maximum atomic E-state index is 14.3. The number of nitrogens with zero attached hydrogens (tertiary/aromatic N) is 5. The fraction of sp³-hybridized carbons (Fsp3) is 0.387. The Labute approximate surface area is 232 Å². The number of aromatic nitrogens is 4. The summed E-state index contributed by atoms with van der Waals surface area (Å²) in [5, 5.41) is 19.4. The molecule has 2 N–H and O–H groups in total. The Balaban J connectivity index is 1.46. The number of carbonyl (C=O) groups is 1. The van der Waals surface area contributed by atoms with Crippen molar-refractivity contribution in [3.8, 4) is 11.1 Å². The topological polar surface area (TPSA) is 114 Å². The lowest BCUT2D eigenvalue weighted by molar-refractivity contribution is -0.119. The quantitative estimate of drug-likeness (QED) is 0.366. The SMILES string of the molecule is CCCc1c(Cc2ccc(-c3ccccc3)c(C3=NNC(=O)C3)c2)c(=O)n(C2CCC(C)(O)CC2)c2ncnn12. The minimum atomic E-state index is -0.703. The Morgan fingerprint density at radius 3 is 2.55 bits per heavy atom. The van der Waals surface area contributed by atoms with Gasteiger partial charge in [-0.25, -0.2) is 9.94 Å². The van der Waals surface area contributed by atoms with E-state index in [1.165, 1.54) is 6.33 Å².